The lowest BCUT2D eigenvalue weighted by Gasteiger charge is -2.33. The Kier molecular flexibility index (Phi) is 10.9. The fraction of sp³-hybridized carbons (Fsp3) is 0.516. The van der Waals surface area contributed by atoms with Gasteiger partial charge in [-0.3, -0.25) is 14.4 Å². The van der Waals surface area contributed by atoms with Gasteiger partial charge in [-0.15, -0.1) is 0 Å². The number of likely N-dealkylation sites (tertiary alicyclic amines) is 1. The number of ketones is 1. The Morgan fingerprint density at radius 1 is 1.00 bits per heavy atom. The predicted molar refractivity (Wildman–Crippen MR) is 147 cm³/mol. The lowest BCUT2D eigenvalue weighted by Crippen LogP contribution is -2.45. The van der Waals surface area contributed by atoms with E-state index in [1.165, 1.54) is 4.90 Å². The number of unbranched alkanes of at least 4 members (excludes halogenated alkanes) is 1. The van der Waals surface area contributed by atoms with Gasteiger partial charge in [-0.05, 0) is 60.4 Å². The highest BCUT2D eigenvalue weighted by Gasteiger charge is 2.27. The van der Waals surface area contributed by atoms with Crippen LogP contribution in [-0.2, 0) is 32.1 Å². The molecule has 1 fully saturated rings. The first kappa shape index (κ1) is 28.6. The molecule has 1 saturated heterocycles. The molecular weight excluding hydrogens is 464 g/mol. The van der Waals surface area contributed by atoms with Crippen molar-refractivity contribution < 1.29 is 19.1 Å². The van der Waals surface area contributed by atoms with Gasteiger partial charge in [0, 0.05) is 46.1 Å². The van der Waals surface area contributed by atoms with Crippen LogP contribution in [0.2, 0.25) is 0 Å². The maximum atomic E-state index is 13.1. The summed E-state index contributed by atoms with van der Waals surface area (Å²) in [6, 6.07) is 16.3. The number of Topliss-reactive ketones (excluding diaryl/α,β-unsaturated/α-hetero) is 1. The molecule has 0 N–H and O–H groups in total. The normalized spacial score (nSPS) is 14.9. The number of benzene rings is 2. The highest BCUT2D eigenvalue weighted by molar-refractivity contribution is 6.35. The minimum absolute atomic E-state index is 0.0948. The molecule has 6 nitrogen and oxygen atoms in total. The SMILES string of the molecule is CCCCC(=O)C(=O)N(C)Cc1cccc(-c2ccc(CC(OCC)C(=O)N3CCC(C)CC3)cc2)c1. The summed E-state index contributed by atoms with van der Waals surface area (Å²) < 4.78 is 5.87. The Hall–Kier alpha value is -2.99. The summed E-state index contributed by atoms with van der Waals surface area (Å²) in [5.41, 5.74) is 4.14. The van der Waals surface area contributed by atoms with Crippen LogP contribution in [0.4, 0.5) is 0 Å². The summed E-state index contributed by atoms with van der Waals surface area (Å²) in [6.45, 7) is 8.70. The molecule has 1 atom stereocenters. The highest BCUT2D eigenvalue weighted by atomic mass is 16.5. The van der Waals surface area contributed by atoms with Crippen molar-refractivity contribution in [3.05, 3.63) is 59.7 Å². The summed E-state index contributed by atoms with van der Waals surface area (Å²) in [7, 11) is 1.67. The molecule has 1 unspecified atom stereocenters. The summed E-state index contributed by atoms with van der Waals surface area (Å²) in [5.74, 6) is 0.0163. The van der Waals surface area contributed by atoms with Gasteiger partial charge in [0.05, 0.1) is 0 Å². The first-order valence-corrected chi connectivity index (χ1v) is 13.7. The van der Waals surface area contributed by atoms with Gasteiger partial charge >= 0.3 is 0 Å². The second-order valence-corrected chi connectivity index (χ2v) is 10.2. The first-order chi connectivity index (χ1) is 17.8. The highest BCUT2D eigenvalue weighted by Crippen LogP contribution is 2.23. The van der Waals surface area contributed by atoms with Gasteiger partial charge in [0.15, 0.2) is 0 Å². The van der Waals surface area contributed by atoms with Crippen LogP contribution >= 0.6 is 0 Å². The van der Waals surface area contributed by atoms with Crippen LogP contribution in [0.1, 0.15) is 64.0 Å². The average Bonchev–Trinajstić information content (AvgIpc) is 2.91. The molecule has 0 aliphatic carbocycles. The molecule has 2 aromatic carbocycles. The van der Waals surface area contributed by atoms with Crippen LogP contribution in [0.25, 0.3) is 11.1 Å². The van der Waals surface area contributed by atoms with E-state index in [4.69, 9.17) is 4.74 Å². The quantitative estimate of drug-likeness (QED) is 0.368. The zero-order valence-corrected chi connectivity index (χ0v) is 22.9. The number of ether oxygens (including phenoxy) is 1. The Bertz CT molecular complexity index is 1040. The third-order valence-electron chi connectivity index (χ3n) is 7.14. The number of nitrogens with zero attached hydrogens (tertiary/aromatic N) is 2. The Labute approximate surface area is 222 Å². The van der Waals surface area contributed by atoms with Crippen LogP contribution in [0.5, 0.6) is 0 Å². The lowest BCUT2D eigenvalue weighted by atomic mass is 9.97. The van der Waals surface area contributed by atoms with E-state index in [0.717, 1.165) is 61.0 Å². The standard InChI is InChI=1S/C31H42N2O4/c1-5-7-11-28(34)30(35)32(4)22-25-9-8-10-27(20-25)26-14-12-24(13-15-26)21-29(37-6-2)31(36)33-18-16-23(3)17-19-33/h8-10,12-15,20,23,29H,5-7,11,16-19,21-22H2,1-4H3. The van der Waals surface area contributed by atoms with E-state index in [1.54, 1.807) is 7.05 Å². The second-order valence-electron chi connectivity index (χ2n) is 10.2. The molecule has 0 saturated carbocycles. The smallest absolute Gasteiger partial charge is 0.289 e. The van der Waals surface area contributed by atoms with Crippen molar-refractivity contribution in [1.29, 1.82) is 0 Å². The molecule has 1 aliphatic heterocycles. The number of likely N-dealkylation sites (N-methyl/N-ethyl adjacent to an activating group) is 1. The van der Waals surface area contributed by atoms with Crippen molar-refractivity contribution in [3.63, 3.8) is 0 Å². The number of carbonyl (C=O) groups is 3. The van der Waals surface area contributed by atoms with Gasteiger partial charge in [0.25, 0.3) is 11.8 Å². The molecule has 6 heteroatoms. The summed E-state index contributed by atoms with van der Waals surface area (Å²) >= 11 is 0. The number of hydrogen-bond donors (Lipinski definition) is 0. The van der Waals surface area contributed by atoms with Gasteiger partial charge in [-0.2, -0.15) is 0 Å². The van der Waals surface area contributed by atoms with Crippen LogP contribution in [0.15, 0.2) is 48.5 Å². The van der Waals surface area contributed by atoms with E-state index in [0.29, 0.717) is 31.9 Å². The third kappa shape index (κ3) is 8.26. The van der Waals surface area contributed by atoms with Crippen molar-refractivity contribution in [2.75, 3.05) is 26.7 Å². The Balaban J connectivity index is 1.64. The van der Waals surface area contributed by atoms with E-state index in [9.17, 15) is 14.4 Å². The van der Waals surface area contributed by atoms with Crippen molar-refractivity contribution >= 4 is 17.6 Å². The summed E-state index contributed by atoms with van der Waals surface area (Å²) in [6.07, 6.45) is 4.14. The lowest BCUT2D eigenvalue weighted by molar-refractivity contribution is -0.144. The summed E-state index contributed by atoms with van der Waals surface area (Å²) in [5, 5.41) is 0. The fourth-order valence-corrected chi connectivity index (χ4v) is 4.75. The molecule has 0 radical (unpaired) electrons. The number of piperidine rings is 1. The Morgan fingerprint density at radius 2 is 1.70 bits per heavy atom. The van der Waals surface area contributed by atoms with E-state index >= 15 is 0 Å². The van der Waals surface area contributed by atoms with E-state index in [-0.39, 0.29) is 11.7 Å². The van der Waals surface area contributed by atoms with Gasteiger partial charge in [-0.25, -0.2) is 0 Å². The monoisotopic (exact) mass is 506 g/mol. The number of rotatable bonds is 12. The minimum Gasteiger partial charge on any atom is -0.368 e. The average molecular weight is 507 g/mol. The zero-order chi connectivity index (χ0) is 26.8. The molecule has 1 aliphatic rings. The topological polar surface area (TPSA) is 66.9 Å². The molecule has 200 valence electrons. The van der Waals surface area contributed by atoms with E-state index in [1.807, 2.05) is 36.9 Å². The van der Waals surface area contributed by atoms with Crippen LogP contribution in [0, 0.1) is 5.92 Å². The maximum absolute atomic E-state index is 13.1. The van der Waals surface area contributed by atoms with Gasteiger partial charge in [0.1, 0.15) is 6.10 Å². The van der Waals surface area contributed by atoms with Crippen molar-refractivity contribution in [2.45, 2.75) is 71.9 Å². The molecule has 0 bridgehead atoms. The molecule has 3 rings (SSSR count). The molecule has 2 amide bonds. The first-order valence-electron chi connectivity index (χ1n) is 13.7. The molecular formula is C31H42N2O4. The zero-order valence-electron chi connectivity index (χ0n) is 22.9. The number of amides is 2. The van der Waals surface area contributed by atoms with E-state index < -0.39 is 12.0 Å². The Morgan fingerprint density at radius 3 is 2.35 bits per heavy atom. The van der Waals surface area contributed by atoms with Crippen molar-refractivity contribution in [2.24, 2.45) is 5.92 Å². The molecule has 0 aromatic heterocycles. The van der Waals surface area contributed by atoms with Crippen molar-refractivity contribution in [1.82, 2.24) is 9.80 Å². The predicted octanol–water partition coefficient (Wildman–Crippen LogP) is 5.28. The largest absolute Gasteiger partial charge is 0.368 e. The molecule has 37 heavy (non-hydrogen) atoms. The third-order valence-corrected chi connectivity index (χ3v) is 7.14. The van der Waals surface area contributed by atoms with E-state index in [2.05, 4.69) is 37.3 Å². The van der Waals surface area contributed by atoms with Gasteiger partial charge < -0.3 is 14.5 Å². The molecule has 0 spiro atoms. The second kappa shape index (κ2) is 14.1. The van der Waals surface area contributed by atoms with Gasteiger partial charge in [-0.1, -0.05) is 62.7 Å². The van der Waals surface area contributed by atoms with Crippen LogP contribution in [-0.4, -0.2) is 60.2 Å². The minimum atomic E-state index is -0.458. The van der Waals surface area contributed by atoms with Gasteiger partial charge in [0.2, 0.25) is 5.78 Å². The summed E-state index contributed by atoms with van der Waals surface area (Å²) in [4.78, 5) is 41.0. The van der Waals surface area contributed by atoms with Crippen LogP contribution < -0.4 is 0 Å². The van der Waals surface area contributed by atoms with Crippen molar-refractivity contribution in [3.8, 4) is 11.1 Å². The number of carbonyl (C=O) groups excluding carboxylic acids is 3. The number of hydrogen-bond acceptors (Lipinski definition) is 4. The maximum Gasteiger partial charge on any atom is 0.289 e. The molecule has 1 heterocycles. The fourth-order valence-electron chi connectivity index (χ4n) is 4.75. The molecule has 2 aromatic rings. The van der Waals surface area contributed by atoms with Crippen LogP contribution in [0.3, 0.4) is 0 Å².